The number of carbonyl (C=O) groups excluding carboxylic acids is 1. The number of fused-ring (bicyclic) bond motifs is 1. The molecule has 0 aromatic heterocycles. The second-order valence-corrected chi connectivity index (χ2v) is 7.47. The number of carbonyl (C=O) groups is 1. The Morgan fingerprint density at radius 2 is 1.87 bits per heavy atom. The van der Waals surface area contributed by atoms with Crippen LogP contribution in [0.5, 0.6) is 23.0 Å². The van der Waals surface area contributed by atoms with Gasteiger partial charge in [0.1, 0.15) is 25.4 Å². The van der Waals surface area contributed by atoms with E-state index in [1.807, 2.05) is 6.07 Å². The van der Waals surface area contributed by atoms with Crippen molar-refractivity contribution in [1.29, 1.82) is 0 Å². The molecule has 0 spiro atoms. The van der Waals surface area contributed by atoms with Gasteiger partial charge < -0.3 is 29.0 Å². The maximum atomic E-state index is 13.1. The molecule has 2 aromatic carbocycles. The number of benzene rings is 2. The molecule has 1 saturated heterocycles. The third-order valence-corrected chi connectivity index (χ3v) is 5.54. The van der Waals surface area contributed by atoms with Crippen LogP contribution in [0.2, 0.25) is 0 Å². The summed E-state index contributed by atoms with van der Waals surface area (Å²) in [5.41, 5.74) is 2.40. The van der Waals surface area contributed by atoms with Gasteiger partial charge in [-0.2, -0.15) is 0 Å². The smallest absolute Gasteiger partial charge is 0.232 e. The van der Waals surface area contributed by atoms with E-state index in [4.69, 9.17) is 18.9 Å². The molecular formula is C23H25NO6. The van der Waals surface area contributed by atoms with Gasteiger partial charge in [-0.1, -0.05) is 17.9 Å². The molecule has 0 saturated carbocycles. The van der Waals surface area contributed by atoms with Crippen LogP contribution >= 0.6 is 0 Å². The third-order valence-electron chi connectivity index (χ3n) is 5.54. The minimum Gasteiger partial charge on any atom is -0.872 e. The summed E-state index contributed by atoms with van der Waals surface area (Å²) >= 11 is 0. The summed E-state index contributed by atoms with van der Waals surface area (Å²) in [5, 5.41) is 12.7. The van der Waals surface area contributed by atoms with Crippen molar-refractivity contribution in [1.82, 2.24) is 0 Å². The molecule has 158 valence electrons. The fourth-order valence-corrected chi connectivity index (χ4v) is 3.92. The lowest BCUT2D eigenvalue weighted by Crippen LogP contribution is -3.12. The van der Waals surface area contributed by atoms with Crippen molar-refractivity contribution in [2.45, 2.75) is 13.5 Å². The van der Waals surface area contributed by atoms with E-state index in [0.717, 1.165) is 18.7 Å². The Hall–Kier alpha value is -3.03. The molecule has 4 rings (SSSR count). The number of ether oxygens (including phenoxy) is 4. The number of quaternary nitrogens is 1. The monoisotopic (exact) mass is 411 g/mol. The zero-order chi connectivity index (χ0) is 21.3. The average molecular weight is 411 g/mol. The van der Waals surface area contributed by atoms with Gasteiger partial charge in [-0.25, -0.2) is 0 Å². The average Bonchev–Trinajstić information content (AvgIpc) is 3.08. The second-order valence-electron chi connectivity index (χ2n) is 7.47. The fourth-order valence-electron chi connectivity index (χ4n) is 3.92. The van der Waals surface area contributed by atoms with Crippen molar-refractivity contribution in [3.63, 3.8) is 0 Å². The molecule has 1 N–H and O–H groups in total. The van der Waals surface area contributed by atoms with E-state index in [1.54, 1.807) is 39.4 Å². The molecule has 0 unspecified atom stereocenters. The van der Waals surface area contributed by atoms with Crippen LogP contribution in [0.25, 0.3) is 6.08 Å². The number of morpholine rings is 1. The minimum absolute atomic E-state index is 0.0922. The van der Waals surface area contributed by atoms with Gasteiger partial charge in [-0.05, 0) is 36.3 Å². The summed E-state index contributed by atoms with van der Waals surface area (Å²) in [5.74, 6) is 1.45. The Morgan fingerprint density at radius 1 is 1.13 bits per heavy atom. The predicted molar refractivity (Wildman–Crippen MR) is 108 cm³/mol. The number of hydrogen-bond acceptors (Lipinski definition) is 6. The number of Topliss-reactive ketones (excluding diaryl/α,β-unsaturated/α-hetero) is 1. The molecule has 1 fully saturated rings. The van der Waals surface area contributed by atoms with E-state index in [2.05, 4.69) is 0 Å². The highest BCUT2D eigenvalue weighted by atomic mass is 16.5. The molecule has 7 nitrogen and oxygen atoms in total. The number of nitrogens with one attached hydrogen (secondary N) is 1. The normalized spacial score (nSPS) is 17.7. The Labute approximate surface area is 175 Å². The first-order chi connectivity index (χ1) is 14.5. The lowest BCUT2D eigenvalue weighted by Gasteiger charge is -2.26. The second kappa shape index (κ2) is 8.38. The van der Waals surface area contributed by atoms with Crippen LogP contribution in [0.15, 0.2) is 30.0 Å². The summed E-state index contributed by atoms with van der Waals surface area (Å²) < 4.78 is 22.0. The fraction of sp³-hybridized carbons (Fsp3) is 0.348. The van der Waals surface area contributed by atoms with Crippen molar-refractivity contribution in [3.8, 4) is 23.0 Å². The van der Waals surface area contributed by atoms with Gasteiger partial charge in [0.05, 0.1) is 33.0 Å². The molecule has 2 aromatic rings. The van der Waals surface area contributed by atoms with Crippen LogP contribution in [0, 0.1) is 6.92 Å². The molecule has 2 aliphatic rings. The number of allylic oxidation sites excluding steroid dienone is 1. The summed E-state index contributed by atoms with van der Waals surface area (Å²) in [6, 6.07) is 6.90. The van der Waals surface area contributed by atoms with Gasteiger partial charge in [0.25, 0.3) is 0 Å². The maximum absolute atomic E-state index is 13.1. The molecule has 0 radical (unpaired) electrons. The molecule has 0 atom stereocenters. The van der Waals surface area contributed by atoms with Gasteiger partial charge in [0.15, 0.2) is 17.3 Å². The van der Waals surface area contributed by atoms with E-state index in [-0.39, 0.29) is 17.3 Å². The Balaban J connectivity index is 1.69. The first-order valence-electron chi connectivity index (χ1n) is 9.93. The molecule has 0 aliphatic carbocycles. The third kappa shape index (κ3) is 3.74. The van der Waals surface area contributed by atoms with Crippen LogP contribution in [0.3, 0.4) is 0 Å². The highest BCUT2D eigenvalue weighted by Crippen LogP contribution is 2.41. The van der Waals surface area contributed by atoms with E-state index in [1.165, 1.54) is 11.0 Å². The number of ketones is 1. The van der Waals surface area contributed by atoms with E-state index < -0.39 is 0 Å². The molecule has 0 amide bonds. The summed E-state index contributed by atoms with van der Waals surface area (Å²) in [7, 11) is 3.12. The summed E-state index contributed by atoms with van der Waals surface area (Å²) in [4.78, 5) is 14.3. The van der Waals surface area contributed by atoms with E-state index >= 15 is 0 Å². The molecular weight excluding hydrogens is 386 g/mol. The topological polar surface area (TPSA) is 81.5 Å². The van der Waals surface area contributed by atoms with Crippen molar-refractivity contribution in [2.24, 2.45) is 0 Å². The van der Waals surface area contributed by atoms with E-state index in [0.29, 0.717) is 53.7 Å². The molecule has 2 aliphatic heterocycles. The molecule has 7 heteroatoms. The Kier molecular flexibility index (Phi) is 5.65. The largest absolute Gasteiger partial charge is 0.872 e. The SMILES string of the molecule is COc1ccc(C=C2Oc3c(C[NH+]4CCOCC4)c([O-])cc(C)c3C2=O)cc1OC. The number of aryl methyl sites for hydroxylation is 1. The summed E-state index contributed by atoms with van der Waals surface area (Å²) in [6.45, 7) is 5.27. The van der Waals surface area contributed by atoms with Crippen LogP contribution in [-0.2, 0) is 11.3 Å². The lowest BCUT2D eigenvalue weighted by molar-refractivity contribution is -0.921. The zero-order valence-corrected chi connectivity index (χ0v) is 17.4. The van der Waals surface area contributed by atoms with Crippen LogP contribution in [0.4, 0.5) is 0 Å². The Bertz CT molecular complexity index is 1010. The Morgan fingerprint density at radius 3 is 2.57 bits per heavy atom. The van der Waals surface area contributed by atoms with Crippen molar-refractivity contribution in [3.05, 3.63) is 52.3 Å². The number of rotatable bonds is 5. The van der Waals surface area contributed by atoms with Crippen LogP contribution in [-0.4, -0.2) is 46.3 Å². The van der Waals surface area contributed by atoms with Gasteiger partial charge in [0.2, 0.25) is 5.78 Å². The van der Waals surface area contributed by atoms with Crippen molar-refractivity contribution >= 4 is 11.9 Å². The summed E-state index contributed by atoms with van der Waals surface area (Å²) in [6.07, 6.45) is 1.67. The van der Waals surface area contributed by atoms with Gasteiger partial charge in [-0.15, -0.1) is 0 Å². The molecule has 2 heterocycles. The lowest BCUT2D eigenvalue weighted by atomic mass is 9.99. The quantitative estimate of drug-likeness (QED) is 0.743. The van der Waals surface area contributed by atoms with Crippen molar-refractivity contribution < 1.29 is 33.7 Å². The van der Waals surface area contributed by atoms with Crippen molar-refractivity contribution in [2.75, 3.05) is 40.5 Å². The minimum atomic E-state index is -0.212. The maximum Gasteiger partial charge on any atom is 0.232 e. The zero-order valence-electron chi connectivity index (χ0n) is 17.4. The highest BCUT2D eigenvalue weighted by Gasteiger charge is 2.33. The standard InChI is InChI=1S/C23H25NO6/c1-14-10-17(25)16(13-24-6-8-29-9-7-24)23-21(14)22(26)20(30-23)12-15-4-5-18(27-2)19(11-15)28-3/h4-5,10-12,25H,6-9,13H2,1-3H3. The van der Waals surface area contributed by atoms with E-state index in [9.17, 15) is 9.90 Å². The molecule has 30 heavy (non-hydrogen) atoms. The van der Waals surface area contributed by atoms with Crippen LogP contribution < -0.4 is 24.2 Å². The predicted octanol–water partition coefficient (Wildman–Crippen LogP) is 1.12. The number of hydrogen-bond donors (Lipinski definition) is 1. The van der Waals surface area contributed by atoms with Gasteiger partial charge >= 0.3 is 0 Å². The first kappa shape index (κ1) is 20.3. The number of methoxy groups -OCH3 is 2. The van der Waals surface area contributed by atoms with Crippen LogP contribution in [0.1, 0.15) is 27.0 Å². The van der Waals surface area contributed by atoms with Gasteiger partial charge in [0, 0.05) is 5.56 Å². The first-order valence-corrected chi connectivity index (χ1v) is 9.93. The molecule has 0 bridgehead atoms. The van der Waals surface area contributed by atoms with Gasteiger partial charge in [-0.3, -0.25) is 4.79 Å². The highest BCUT2D eigenvalue weighted by molar-refractivity contribution is 6.15.